The molecule has 0 radical (unpaired) electrons. The van der Waals surface area contributed by atoms with Gasteiger partial charge in [0.25, 0.3) is 5.91 Å². The van der Waals surface area contributed by atoms with Gasteiger partial charge in [-0.3, -0.25) is 19.3 Å². The fourth-order valence-corrected chi connectivity index (χ4v) is 3.73. The zero-order valence-electron chi connectivity index (χ0n) is 14.9. The highest BCUT2D eigenvalue weighted by Gasteiger charge is 2.55. The van der Waals surface area contributed by atoms with E-state index in [1.165, 1.54) is 16.8 Å². The third kappa shape index (κ3) is 3.34. The highest BCUT2D eigenvalue weighted by Crippen LogP contribution is 2.39. The van der Waals surface area contributed by atoms with Gasteiger partial charge in [0.1, 0.15) is 12.1 Å². The topological polar surface area (TPSA) is 90.0 Å². The Morgan fingerprint density at radius 2 is 1.84 bits per heavy atom. The number of rotatable bonds is 5. The van der Waals surface area contributed by atoms with Crippen molar-refractivity contribution in [2.24, 2.45) is 0 Å². The Bertz CT molecular complexity index is 595. The molecule has 0 atom stereocenters. The Morgan fingerprint density at radius 1 is 1.20 bits per heavy atom. The number of nitrogens with one attached hydrogen (secondary N) is 1. The molecule has 0 aromatic rings. The van der Waals surface area contributed by atoms with E-state index in [1.54, 1.807) is 7.05 Å². The predicted octanol–water partition coefficient (Wildman–Crippen LogP) is 0.320. The molecular weight excluding hydrogens is 324 g/mol. The van der Waals surface area contributed by atoms with E-state index in [2.05, 4.69) is 5.32 Å². The summed E-state index contributed by atoms with van der Waals surface area (Å²) in [4.78, 5) is 53.4. The van der Waals surface area contributed by atoms with Crippen molar-refractivity contribution < 1.29 is 19.2 Å². The molecule has 3 rings (SSSR count). The SMILES string of the molecule is CN(CC(=O)NC1CC1)C(=O)CN1C(=O)N(C)C2(CCCCC2)C1=O. The maximum Gasteiger partial charge on any atom is 0.327 e. The number of likely N-dealkylation sites (N-methyl/N-ethyl adjacent to an activating group) is 2. The first-order chi connectivity index (χ1) is 11.8. The first kappa shape index (κ1) is 17.7. The van der Waals surface area contributed by atoms with Gasteiger partial charge in [0.2, 0.25) is 11.8 Å². The Labute approximate surface area is 147 Å². The third-order valence-corrected chi connectivity index (χ3v) is 5.53. The van der Waals surface area contributed by atoms with Crippen LogP contribution in [0.2, 0.25) is 0 Å². The average Bonchev–Trinajstić information content (AvgIpc) is 3.39. The second-order valence-corrected chi connectivity index (χ2v) is 7.42. The second-order valence-electron chi connectivity index (χ2n) is 7.42. The van der Waals surface area contributed by atoms with Gasteiger partial charge in [-0.1, -0.05) is 19.3 Å². The first-order valence-corrected chi connectivity index (χ1v) is 8.98. The van der Waals surface area contributed by atoms with Crippen LogP contribution in [0.25, 0.3) is 0 Å². The van der Waals surface area contributed by atoms with Crippen LogP contribution in [0.1, 0.15) is 44.9 Å². The lowest BCUT2D eigenvalue weighted by Gasteiger charge is -2.35. The number of imide groups is 1. The summed E-state index contributed by atoms with van der Waals surface area (Å²) in [7, 11) is 3.16. The molecule has 1 saturated heterocycles. The molecule has 25 heavy (non-hydrogen) atoms. The number of nitrogens with zero attached hydrogens (tertiary/aromatic N) is 3. The maximum absolute atomic E-state index is 12.9. The van der Waals surface area contributed by atoms with Crippen LogP contribution in [0.15, 0.2) is 0 Å². The molecule has 3 fully saturated rings. The summed E-state index contributed by atoms with van der Waals surface area (Å²) < 4.78 is 0. The van der Waals surface area contributed by atoms with Crippen molar-refractivity contribution in [3.63, 3.8) is 0 Å². The van der Waals surface area contributed by atoms with Crippen LogP contribution in [-0.4, -0.2) is 77.2 Å². The number of hydrogen-bond acceptors (Lipinski definition) is 4. The largest absolute Gasteiger partial charge is 0.352 e. The molecule has 5 amide bonds. The van der Waals surface area contributed by atoms with Crippen LogP contribution >= 0.6 is 0 Å². The summed E-state index contributed by atoms with van der Waals surface area (Å²) >= 11 is 0. The molecule has 1 spiro atoms. The van der Waals surface area contributed by atoms with Gasteiger partial charge in [0, 0.05) is 20.1 Å². The number of carbonyl (C=O) groups is 4. The van der Waals surface area contributed by atoms with Gasteiger partial charge in [0.05, 0.1) is 6.54 Å². The third-order valence-electron chi connectivity index (χ3n) is 5.53. The van der Waals surface area contributed by atoms with E-state index < -0.39 is 17.5 Å². The van der Waals surface area contributed by atoms with E-state index >= 15 is 0 Å². The quantitative estimate of drug-likeness (QED) is 0.723. The van der Waals surface area contributed by atoms with Crippen molar-refractivity contribution in [1.82, 2.24) is 20.0 Å². The van der Waals surface area contributed by atoms with E-state index in [9.17, 15) is 19.2 Å². The van der Waals surface area contributed by atoms with E-state index in [1.807, 2.05) is 0 Å². The summed E-state index contributed by atoms with van der Waals surface area (Å²) in [5.74, 6) is -0.893. The predicted molar refractivity (Wildman–Crippen MR) is 89.5 cm³/mol. The minimum absolute atomic E-state index is 0.0630. The van der Waals surface area contributed by atoms with Crippen molar-refractivity contribution in [2.45, 2.75) is 56.5 Å². The number of urea groups is 1. The summed E-state index contributed by atoms with van der Waals surface area (Å²) in [6.07, 6.45) is 6.15. The molecule has 138 valence electrons. The Morgan fingerprint density at radius 3 is 2.44 bits per heavy atom. The highest BCUT2D eigenvalue weighted by atomic mass is 16.2. The van der Waals surface area contributed by atoms with Crippen LogP contribution < -0.4 is 5.32 Å². The van der Waals surface area contributed by atoms with Gasteiger partial charge < -0.3 is 15.1 Å². The minimum atomic E-state index is -0.780. The van der Waals surface area contributed by atoms with Gasteiger partial charge in [-0.15, -0.1) is 0 Å². The molecule has 1 N–H and O–H groups in total. The van der Waals surface area contributed by atoms with Crippen LogP contribution in [0.3, 0.4) is 0 Å². The molecule has 0 unspecified atom stereocenters. The zero-order chi connectivity index (χ0) is 18.2. The smallest absolute Gasteiger partial charge is 0.327 e. The lowest BCUT2D eigenvalue weighted by atomic mass is 9.81. The molecule has 0 aromatic carbocycles. The van der Waals surface area contributed by atoms with Gasteiger partial charge in [-0.25, -0.2) is 4.79 Å². The number of hydrogen-bond donors (Lipinski definition) is 1. The van der Waals surface area contributed by atoms with Gasteiger partial charge in [-0.2, -0.15) is 0 Å². The summed E-state index contributed by atoms with van der Waals surface area (Å²) in [6, 6.07) is -0.186. The summed E-state index contributed by atoms with van der Waals surface area (Å²) in [5, 5.41) is 2.82. The molecule has 1 heterocycles. The average molecular weight is 350 g/mol. The zero-order valence-corrected chi connectivity index (χ0v) is 14.9. The van der Waals surface area contributed by atoms with E-state index in [-0.39, 0.29) is 30.9 Å². The van der Waals surface area contributed by atoms with Crippen LogP contribution in [0.4, 0.5) is 4.79 Å². The molecule has 3 aliphatic rings. The fraction of sp³-hybridized carbons (Fsp3) is 0.765. The molecule has 2 saturated carbocycles. The molecule has 0 bridgehead atoms. The highest BCUT2D eigenvalue weighted by molar-refractivity contribution is 6.09. The van der Waals surface area contributed by atoms with Gasteiger partial charge in [0.15, 0.2) is 0 Å². The first-order valence-electron chi connectivity index (χ1n) is 8.98. The maximum atomic E-state index is 12.9. The van der Waals surface area contributed by atoms with Crippen LogP contribution in [-0.2, 0) is 14.4 Å². The van der Waals surface area contributed by atoms with Crippen molar-refractivity contribution >= 4 is 23.8 Å². The van der Waals surface area contributed by atoms with E-state index in [4.69, 9.17) is 0 Å². The van der Waals surface area contributed by atoms with Gasteiger partial charge >= 0.3 is 6.03 Å². The Hall–Kier alpha value is -2.12. The monoisotopic (exact) mass is 350 g/mol. The van der Waals surface area contributed by atoms with Crippen LogP contribution in [0.5, 0.6) is 0 Å². The summed E-state index contributed by atoms with van der Waals surface area (Å²) in [5.41, 5.74) is -0.780. The molecular formula is C17H26N4O4. The lowest BCUT2D eigenvalue weighted by molar-refractivity contribution is -0.141. The molecule has 8 nitrogen and oxygen atoms in total. The standard InChI is InChI=1S/C17H26N4O4/c1-19(10-13(22)18-12-6-7-12)14(23)11-21-15(24)17(20(2)16(21)25)8-4-3-5-9-17/h12H,3-11H2,1-2H3,(H,18,22). The fourth-order valence-electron chi connectivity index (χ4n) is 3.73. The molecule has 2 aliphatic carbocycles. The van der Waals surface area contributed by atoms with Crippen molar-refractivity contribution in [3.8, 4) is 0 Å². The van der Waals surface area contributed by atoms with E-state index in [0.717, 1.165) is 37.0 Å². The van der Waals surface area contributed by atoms with E-state index in [0.29, 0.717) is 12.8 Å². The van der Waals surface area contributed by atoms with Crippen LogP contribution in [0, 0.1) is 0 Å². The normalized spacial score (nSPS) is 22.5. The second kappa shape index (κ2) is 6.65. The Kier molecular flexibility index (Phi) is 4.71. The number of carbonyl (C=O) groups excluding carboxylic acids is 4. The number of amides is 5. The lowest BCUT2D eigenvalue weighted by Crippen LogP contribution is -2.50. The van der Waals surface area contributed by atoms with Gasteiger partial charge in [-0.05, 0) is 25.7 Å². The minimum Gasteiger partial charge on any atom is -0.352 e. The Balaban J connectivity index is 1.61. The molecule has 1 aliphatic heterocycles. The summed E-state index contributed by atoms with van der Waals surface area (Å²) in [6.45, 7) is -0.372. The van der Waals surface area contributed by atoms with Crippen molar-refractivity contribution in [3.05, 3.63) is 0 Å². The van der Waals surface area contributed by atoms with Crippen molar-refractivity contribution in [2.75, 3.05) is 27.2 Å². The molecule has 0 aromatic heterocycles. The van der Waals surface area contributed by atoms with Crippen molar-refractivity contribution in [1.29, 1.82) is 0 Å². The molecule has 8 heteroatoms.